The molecule has 1 atom stereocenters. The van der Waals surface area contributed by atoms with Gasteiger partial charge < -0.3 is 16.4 Å². The van der Waals surface area contributed by atoms with Gasteiger partial charge in [-0.2, -0.15) is 0 Å². The van der Waals surface area contributed by atoms with E-state index in [1.54, 1.807) is 11.4 Å². The fourth-order valence-electron chi connectivity index (χ4n) is 2.75. The number of amides is 5. The summed E-state index contributed by atoms with van der Waals surface area (Å²) in [7, 11) is 0. The molecule has 1 aromatic carbocycles. The Kier molecular flexibility index (Phi) is 5.33. The molecule has 2 aromatic rings. The Morgan fingerprint density at radius 1 is 1.25 bits per heavy atom. The molecule has 1 aliphatic rings. The van der Waals surface area contributed by atoms with E-state index in [1.165, 1.54) is 25.1 Å². The number of anilines is 1. The summed E-state index contributed by atoms with van der Waals surface area (Å²) in [6.07, 6.45) is 0. The van der Waals surface area contributed by atoms with Crippen molar-refractivity contribution >= 4 is 63.3 Å². The van der Waals surface area contributed by atoms with Gasteiger partial charge in [-0.05, 0) is 36.1 Å². The van der Waals surface area contributed by atoms with Crippen LogP contribution in [-0.2, 0) is 15.1 Å². The number of primary amides is 1. The minimum Gasteiger partial charge on any atom is -0.366 e. The monoisotopic (exact) mass is 440 g/mol. The molecule has 1 unspecified atom stereocenters. The second-order valence-corrected chi connectivity index (χ2v) is 7.88. The van der Waals surface area contributed by atoms with E-state index in [0.29, 0.717) is 10.6 Å². The van der Waals surface area contributed by atoms with Crippen molar-refractivity contribution in [2.24, 2.45) is 5.73 Å². The van der Waals surface area contributed by atoms with Crippen molar-refractivity contribution < 1.29 is 19.2 Å². The molecule has 0 bridgehead atoms. The SMILES string of the molecule is CC1(c2ccc(Cl)c(Cl)c2)NC(=O)N(CC(=O)Nc2sccc2C(N)=O)C1=O. The van der Waals surface area contributed by atoms with Gasteiger partial charge in [-0.1, -0.05) is 29.3 Å². The van der Waals surface area contributed by atoms with Gasteiger partial charge in [-0.25, -0.2) is 4.79 Å². The first kappa shape index (κ1) is 20.1. The van der Waals surface area contributed by atoms with Crippen LogP contribution in [0.4, 0.5) is 9.80 Å². The molecule has 0 saturated carbocycles. The van der Waals surface area contributed by atoms with Crippen LogP contribution in [0.2, 0.25) is 10.0 Å². The predicted molar refractivity (Wildman–Crippen MR) is 106 cm³/mol. The molecule has 3 rings (SSSR count). The van der Waals surface area contributed by atoms with E-state index in [-0.39, 0.29) is 15.6 Å². The van der Waals surface area contributed by atoms with Crippen LogP contribution in [0.5, 0.6) is 0 Å². The van der Waals surface area contributed by atoms with Crippen LogP contribution in [0, 0.1) is 0 Å². The van der Waals surface area contributed by atoms with Gasteiger partial charge in [0.05, 0.1) is 15.6 Å². The van der Waals surface area contributed by atoms with Crippen molar-refractivity contribution in [1.29, 1.82) is 0 Å². The van der Waals surface area contributed by atoms with E-state index in [0.717, 1.165) is 16.2 Å². The van der Waals surface area contributed by atoms with Crippen LogP contribution < -0.4 is 16.4 Å². The molecule has 1 fully saturated rings. The summed E-state index contributed by atoms with van der Waals surface area (Å²) in [6.45, 7) is 0.979. The Balaban J connectivity index is 1.78. The molecular formula is C17H14Cl2N4O4S. The zero-order chi connectivity index (χ0) is 20.6. The number of imide groups is 1. The molecule has 8 nitrogen and oxygen atoms in total. The second kappa shape index (κ2) is 7.42. The molecule has 4 N–H and O–H groups in total. The fraction of sp³-hybridized carbons (Fsp3) is 0.176. The molecule has 11 heteroatoms. The summed E-state index contributed by atoms with van der Waals surface area (Å²) in [5.74, 6) is -1.96. The third-order valence-corrected chi connectivity index (χ3v) is 5.83. The van der Waals surface area contributed by atoms with Crippen LogP contribution in [0.15, 0.2) is 29.6 Å². The highest BCUT2D eigenvalue weighted by molar-refractivity contribution is 7.14. The van der Waals surface area contributed by atoms with Crippen molar-refractivity contribution in [2.75, 3.05) is 11.9 Å². The number of carbonyl (C=O) groups excluding carboxylic acids is 4. The number of urea groups is 1. The lowest BCUT2D eigenvalue weighted by Gasteiger charge is -2.22. The third kappa shape index (κ3) is 3.56. The first-order valence-electron chi connectivity index (χ1n) is 7.90. The molecule has 28 heavy (non-hydrogen) atoms. The van der Waals surface area contributed by atoms with Gasteiger partial charge >= 0.3 is 6.03 Å². The maximum absolute atomic E-state index is 12.9. The average Bonchev–Trinajstić information content (AvgIpc) is 3.16. The lowest BCUT2D eigenvalue weighted by molar-refractivity contribution is -0.133. The Hall–Kier alpha value is -2.62. The highest BCUT2D eigenvalue weighted by Gasteiger charge is 2.49. The molecular weight excluding hydrogens is 427 g/mol. The summed E-state index contributed by atoms with van der Waals surface area (Å²) in [6, 6.07) is 5.31. The minimum absolute atomic E-state index is 0.149. The van der Waals surface area contributed by atoms with Crippen LogP contribution in [0.1, 0.15) is 22.8 Å². The maximum Gasteiger partial charge on any atom is 0.325 e. The Morgan fingerprint density at radius 3 is 2.61 bits per heavy atom. The largest absolute Gasteiger partial charge is 0.366 e. The molecule has 1 aliphatic heterocycles. The summed E-state index contributed by atoms with van der Waals surface area (Å²) in [5, 5.41) is 7.44. The molecule has 146 valence electrons. The molecule has 0 spiro atoms. The van der Waals surface area contributed by atoms with E-state index < -0.39 is 35.8 Å². The highest BCUT2D eigenvalue weighted by atomic mass is 35.5. The van der Waals surface area contributed by atoms with Gasteiger partial charge in [0.25, 0.3) is 11.8 Å². The number of halogens is 2. The molecule has 2 heterocycles. The number of carbonyl (C=O) groups is 4. The number of hydrogen-bond acceptors (Lipinski definition) is 5. The highest BCUT2D eigenvalue weighted by Crippen LogP contribution is 2.33. The van der Waals surface area contributed by atoms with Gasteiger partial charge in [0, 0.05) is 0 Å². The van der Waals surface area contributed by atoms with Crippen molar-refractivity contribution in [2.45, 2.75) is 12.5 Å². The zero-order valence-electron chi connectivity index (χ0n) is 14.4. The summed E-state index contributed by atoms with van der Waals surface area (Å²) in [5.41, 5.74) is 4.41. The normalized spacial score (nSPS) is 18.9. The third-order valence-electron chi connectivity index (χ3n) is 4.26. The molecule has 0 radical (unpaired) electrons. The van der Waals surface area contributed by atoms with E-state index in [2.05, 4.69) is 10.6 Å². The second-order valence-electron chi connectivity index (χ2n) is 6.15. The molecule has 1 aromatic heterocycles. The quantitative estimate of drug-likeness (QED) is 0.618. The lowest BCUT2D eigenvalue weighted by Crippen LogP contribution is -2.42. The molecule has 1 saturated heterocycles. The minimum atomic E-state index is -1.40. The Morgan fingerprint density at radius 2 is 1.96 bits per heavy atom. The van der Waals surface area contributed by atoms with Crippen molar-refractivity contribution in [3.05, 3.63) is 50.8 Å². The number of thiophene rings is 1. The topological polar surface area (TPSA) is 122 Å². The standard InChI is InChI=1S/C17H14Cl2N4O4S/c1-17(8-2-3-10(18)11(19)6-8)15(26)23(16(27)22-17)7-12(24)21-14-9(13(20)25)4-5-28-14/h2-6H,7H2,1H3,(H2,20,25)(H,21,24)(H,22,27). The predicted octanol–water partition coefficient (Wildman–Crippen LogP) is 2.56. The van der Waals surface area contributed by atoms with Crippen molar-refractivity contribution in [3.8, 4) is 0 Å². The van der Waals surface area contributed by atoms with Gasteiger partial charge in [0.2, 0.25) is 5.91 Å². The van der Waals surface area contributed by atoms with Crippen LogP contribution >= 0.6 is 34.5 Å². The Bertz CT molecular complexity index is 1010. The number of rotatable bonds is 5. The van der Waals surface area contributed by atoms with Crippen molar-refractivity contribution in [3.63, 3.8) is 0 Å². The first-order valence-corrected chi connectivity index (χ1v) is 9.54. The average molecular weight is 441 g/mol. The number of nitrogens with two attached hydrogens (primary N) is 1. The number of nitrogens with one attached hydrogen (secondary N) is 2. The van der Waals surface area contributed by atoms with Gasteiger partial charge in [0.15, 0.2) is 0 Å². The number of benzene rings is 1. The molecule has 5 amide bonds. The summed E-state index contributed by atoms with van der Waals surface area (Å²) < 4.78 is 0. The fourth-order valence-corrected chi connectivity index (χ4v) is 3.86. The van der Waals surface area contributed by atoms with E-state index in [9.17, 15) is 19.2 Å². The number of hydrogen-bond donors (Lipinski definition) is 3. The van der Waals surface area contributed by atoms with Gasteiger partial charge in [-0.15, -0.1) is 11.3 Å². The lowest BCUT2D eigenvalue weighted by atomic mass is 9.92. The first-order chi connectivity index (χ1) is 13.1. The van der Waals surface area contributed by atoms with Crippen LogP contribution in [0.3, 0.4) is 0 Å². The van der Waals surface area contributed by atoms with Crippen LogP contribution in [0.25, 0.3) is 0 Å². The Labute approximate surface area is 173 Å². The molecule has 0 aliphatic carbocycles. The summed E-state index contributed by atoms with van der Waals surface area (Å²) in [4.78, 5) is 49.6. The number of nitrogens with zero attached hydrogens (tertiary/aromatic N) is 1. The van der Waals surface area contributed by atoms with Crippen LogP contribution in [-0.4, -0.2) is 35.2 Å². The van der Waals surface area contributed by atoms with Gasteiger partial charge in [-0.3, -0.25) is 19.3 Å². The van der Waals surface area contributed by atoms with Gasteiger partial charge in [0.1, 0.15) is 17.1 Å². The van der Waals surface area contributed by atoms with E-state index in [1.807, 2.05) is 0 Å². The van der Waals surface area contributed by atoms with E-state index >= 15 is 0 Å². The zero-order valence-corrected chi connectivity index (χ0v) is 16.7. The smallest absolute Gasteiger partial charge is 0.325 e. The van der Waals surface area contributed by atoms with Crippen molar-refractivity contribution in [1.82, 2.24) is 10.2 Å². The van der Waals surface area contributed by atoms with E-state index in [4.69, 9.17) is 28.9 Å². The summed E-state index contributed by atoms with van der Waals surface area (Å²) >= 11 is 13.0. The maximum atomic E-state index is 12.9.